The molecule has 6 heteroatoms. The Kier molecular flexibility index (Phi) is 2.37. The number of aliphatic hydroxyl groups excluding tert-OH is 2. The number of piperidine rings is 1. The fraction of sp³-hybridized carbons (Fsp3) is 0.938. The molecule has 3 saturated carbocycles. The van der Waals surface area contributed by atoms with Gasteiger partial charge in [-0.05, 0) is 32.6 Å². The van der Waals surface area contributed by atoms with E-state index in [0.717, 1.165) is 19.4 Å². The quantitative estimate of drug-likeness (QED) is 0.564. The SMILES string of the molecule is C[C@@]1(O)CC(=O)[C@]23CC[C@@H]4N5CCC(O5)[C@@]42[C@H](O)[C@H](O)[C@@H]3C1. The van der Waals surface area contributed by atoms with Gasteiger partial charge in [0.05, 0.1) is 29.3 Å². The molecule has 9 atom stereocenters. The zero-order valence-electron chi connectivity index (χ0n) is 12.7. The molecule has 122 valence electrons. The minimum atomic E-state index is -1.09. The largest absolute Gasteiger partial charge is 0.390 e. The number of rotatable bonds is 0. The maximum absolute atomic E-state index is 13.1. The third-order valence-corrected chi connectivity index (χ3v) is 7.45. The Hall–Kier alpha value is -0.530. The number of aliphatic hydroxyl groups is 3. The Bertz CT molecular complexity index is 565. The number of hydrogen-bond acceptors (Lipinski definition) is 6. The zero-order valence-corrected chi connectivity index (χ0v) is 12.7. The normalized spacial score (nSPS) is 65.5. The van der Waals surface area contributed by atoms with Gasteiger partial charge in [-0.1, -0.05) is 0 Å². The lowest BCUT2D eigenvalue weighted by Crippen LogP contribution is -2.61. The van der Waals surface area contributed by atoms with Gasteiger partial charge in [0.15, 0.2) is 0 Å². The first-order chi connectivity index (χ1) is 10.3. The van der Waals surface area contributed by atoms with E-state index in [2.05, 4.69) is 0 Å². The van der Waals surface area contributed by atoms with Crippen LogP contribution in [0.3, 0.4) is 0 Å². The van der Waals surface area contributed by atoms with Crippen LogP contribution in [-0.2, 0) is 9.63 Å². The Morgan fingerprint density at radius 1 is 1.32 bits per heavy atom. The highest BCUT2D eigenvalue weighted by molar-refractivity contribution is 5.90. The van der Waals surface area contributed by atoms with E-state index in [9.17, 15) is 20.1 Å². The summed E-state index contributed by atoms with van der Waals surface area (Å²) in [5.74, 6) is -0.350. The lowest BCUT2D eigenvalue weighted by atomic mass is 9.52. The molecule has 3 N–H and O–H groups in total. The molecule has 0 aromatic heterocycles. The van der Waals surface area contributed by atoms with E-state index in [1.165, 1.54) is 0 Å². The summed E-state index contributed by atoms with van der Waals surface area (Å²) in [6.45, 7) is 2.50. The van der Waals surface area contributed by atoms with Crippen LogP contribution in [0.5, 0.6) is 0 Å². The second kappa shape index (κ2) is 3.75. The predicted octanol–water partition coefficient (Wildman–Crippen LogP) is -0.393. The van der Waals surface area contributed by atoms with Crippen molar-refractivity contribution < 1.29 is 25.0 Å². The number of hydroxylamine groups is 2. The minimum Gasteiger partial charge on any atom is -0.390 e. The van der Waals surface area contributed by atoms with E-state index in [-0.39, 0.29) is 30.3 Å². The molecule has 22 heavy (non-hydrogen) atoms. The van der Waals surface area contributed by atoms with Crippen LogP contribution in [0, 0.1) is 16.7 Å². The molecule has 2 unspecified atom stereocenters. The monoisotopic (exact) mass is 309 g/mol. The summed E-state index contributed by atoms with van der Waals surface area (Å²) in [4.78, 5) is 19.1. The Balaban J connectivity index is 1.72. The number of carbonyl (C=O) groups is 1. The fourth-order valence-electron chi connectivity index (χ4n) is 6.95. The fourth-order valence-corrected chi connectivity index (χ4v) is 6.95. The van der Waals surface area contributed by atoms with Gasteiger partial charge in [0.1, 0.15) is 5.78 Å². The average molecular weight is 309 g/mol. The number of carbonyl (C=O) groups excluding carboxylic acids is 1. The molecule has 5 rings (SSSR count). The first-order valence-corrected chi connectivity index (χ1v) is 8.40. The first-order valence-electron chi connectivity index (χ1n) is 8.40. The van der Waals surface area contributed by atoms with Crippen LogP contribution in [-0.4, -0.2) is 62.7 Å². The van der Waals surface area contributed by atoms with Crippen molar-refractivity contribution in [2.24, 2.45) is 16.7 Å². The highest BCUT2D eigenvalue weighted by atomic mass is 16.7. The van der Waals surface area contributed by atoms with Gasteiger partial charge < -0.3 is 15.3 Å². The second-order valence-electron chi connectivity index (χ2n) is 8.33. The van der Waals surface area contributed by atoms with Crippen LogP contribution in [0.25, 0.3) is 0 Å². The van der Waals surface area contributed by atoms with Crippen molar-refractivity contribution in [3.8, 4) is 0 Å². The first kappa shape index (κ1) is 13.9. The second-order valence-corrected chi connectivity index (χ2v) is 8.33. The molecule has 0 radical (unpaired) electrons. The van der Waals surface area contributed by atoms with Crippen LogP contribution in [0.1, 0.15) is 39.0 Å². The third kappa shape index (κ3) is 1.17. The van der Waals surface area contributed by atoms with Gasteiger partial charge in [0.25, 0.3) is 0 Å². The Morgan fingerprint density at radius 2 is 2.09 bits per heavy atom. The highest BCUT2D eigenvalue weighted by Gasteiger charge is 2.84. The molecular weight excluding hydrogens is 286 g/mol. The summed E-state index contributed by atoms with van der Waals surface area (Å²) in [5, 5.41) is 34.1. The molecule has 5 aliphatic rings. The van der Waals surface area contributed by atoms with Gasteiger partial charge in [-0.25, -0.2) is 0 Å². The van der Waals surface area contributed by atoms with E-state index in [1.54, 1.807) is 6.92 Å². The summed E-state index contributed by atoms with van der Waals surface area (Å²) in [7, 11) is 0. The standard InChI is InChI=1S/C16H23NO5/c1-14(21)6-8-12(19)13(20)16-9(17-5-3-11(16)22-17)2-4-15(8,16)10(18)7-14/h8-9,11-13,19-21H,2-7H2,1H3/t8-,9-,11?,12+,13+,14-,15+,16+/m0/s1. The number of Topliss-reactive ketones (excluding diaryl/α,β-unsaturated/α-hetero) is 1. The van der Waals surface area contributed by atoms with Crippen molar-refractivity contribution >= 4 is 5.78 Å². The maximum atomic E-state index is 13.1. The van der Waals surface area contributed by atoms with Gasteiger partial charge in [0.2, 0.25) is 0 Å². The number of ketones is 1. The predicted molar refractivity (Wildman–Crippen MR) is 74.5 cm³/mol. The molecule has 2 aliphatic heterocycles. The number of fused-ring (bicyclic) bond motifs is 3. The molecule has 3 aliphatic carbocycles. The molecule has 0 aromatic rings. The number of nitrogens with zero attached hydrogens (tertiary/aromatic N) is 1. The average Bonchev–Trinajstić information content (AvgIpc) is 3.13. The van der Waals surface area contributed by atoms with Gasteiger partial charge in [-0.3, -0.25) is 9.63 Å². The van der Waals surface area contributed by atoms with Crippen LogP contribution in [0.15, 0.2) is 0 Å². The number of hydrogen-bond donors (Lipinski definition) is 3. The molecule has 2 bridgehead atoms. The van der Waals surface area contributed by atoms with E-state index in [4.69, 9.17) is 4.84 Å². The van der Waals surface area contributed by atoms with E-state index in [0.29, 0.717) is 12.8 Å². The van der Waals surface area contributed by atoms with Crippen molar-refractivity contribution in [2.75, 3.05) is 6.54 Å². The van der Waals surface area contributed by atoms with Crippen molar-refractivity contribution in [1.29, 1.82) is 0 Å². The summed E-state index contributed by atoms with van der Waals surface area (Å²) in [6, 6.07) is 0.0212. The molecule has 0 aromatic carbocycles. The smallest absolute Gasteiger partial charge is 0.143 e. The summed E-state index contributed by atoms with van der Waals surface area (Å²) < 4.78 is 0. The lowest BCUT2D eigenvalue weighted by molar-refractivity contribution is -0.161. The van der Waals surface area contributed by atoms with Crippen LogP contribution in [0.2, 0.25) is 0 Å². The molecule has 5 fully saturated rings. The molecule has 6 nitrogen and oxygen atoms in total. The zero-order chi connectivity index (χ0) is 15.5. The van der Waals surface area contributed by atoms with Crippen LogP contribution >= 0.6 is 0 Å². The summed E-state index contributed by atoms with van der Waals surface area (Å²) in [6.07, 6.45) is 0.732. The minimum absolute atomic E-state index is 0.0178. The topological polar surface area (TPSA) is 90.2 Å². The van der Waals surface area contributed by atoms with Crippen molar-refractivity contribution in [3.05, 3.63) is 0 Å². The molecule has 2 heterocycles. The van der Waals surface area contributed by atoms with Crippen molar-refractivity contribution in [1.82, 2.24) is 5.06 Å². The van der Waals surface area contributed by atoms with Gasteiger partial charge in [-0.15, -0.1) is 0 Å². The Morgan fingerprint density at radius 3 is 2.86 bits per heavy atom. The van der Waals surface area contributed by atoms with E-state index in [1.807, 2.05) is 5.06 Å². The van der Waals surface area contributed by atoms with E-state index < -0.39 is 28.6 Å². The molecule has 2 spiro atoms. The Labute approximate surface area is 129 Å². The third-order valence-electron chi connectivity index (χ3n) is 7.45. The van der Waals surface area contributed by atoms with Crippen LogP contribution < -0.4 is 0 Å². The van der Waals surface area contributed by atoms with Gasteiger partial charge in [0, 0.05) is 30.3 Å². The van der Waals surface area contributed by atoms with Gasteiger partial charge >= 0.3 is 0 Å². The molecular formula is C16H23NO5. The van der Waals surface area contributed by atoms with Crippen molar-refractivity contribution in [2.45, 2.75) is 69.0 Å². The van der Waals surface area contributed by atoms with Crippen molar-refractivity contribution in [3.63, 3.8) is 0 Å². The lowest BCUT2D eigenvalue weighted by Gasteiger charge is -2.50. The van der Waals surface area contributed by atoms with Crippen LogP contribution in [0.4, 0.5) is 0 Å². The van der Waals surface area contributed by atoms with E-state index >= 15 is 0 Å². The van der Waals surface area contributed by atoms with Gasteiger partial charge in [-0.2, -0.15) is 5.06 Å². The highest BCUT2D eigenvalue weighted by Crippen LogP contribution is 2.75. The maximum Gasteiger partial charge on any atom is 0.143 e. The summed E-state index contributed by atoms with van der Waals surface area (Å²) >= 11 is 0. The molecule has 2 saturated heterocycles. The molecule has 0 amide bonds. The summed E-state index contributed by atoms with van der Waals surface area (Å²) in [5.41, 5.74) is -2.49.